The molecule has 31 heavy (non-hydrogen) atoms. The summed E-state index contributed by atoms with van der Waals surface area (Å²) < 4.78 is 38.2. The number of sulfonamides is 1. The molecule has 10 heteroatoms. The van der Waals surface area contributed by atoms with Crippen molar-refractivity contribution in [2.75, 3.05) is 49.3 Å². The summed E-state index contributed by atoms with van der Waals surface area (Å²) in [5.74, 6) is 2.75. The Morgan fingerprint density at radius 2 is 1.65 bits per heavy atom. The third-order valence-corrected chi connectivity index (χ3v) is 8.17. The lowest BCUT2D eigenvalue weighted by Crippen LogP contribution is -2.49. The Bertz CT molecular complexity index is 1040. The number of ether oxygens (including phenoxy) is 2. The number of fused-ring (bicyclic) bond motifs is 1. The summed E-state index contributed by atoms with van der Waals surface area (Å²) in [7, 11) is -3.59. The van der Waals surface area contributed by atoms with E-state index in [4.69, 9.17) is 9.47 Å². The molecule has 3 aliphatic heterocycles. The molecule has 0 bridgehead atoms. The number of aromatic nitrogens is 2. The number of hydrogen-bond donors (Lipinski definition) is 0. The highest BCUT2D eigenvalue weighted by Crippen LogP contribution is 2.35. The van der Waals surface area contributed by atoms with Crippen molar-refractivity contribution in [2.45, 2.75) is 37.1 Å². The fourth-order valence-electron chi connectivity index (χ4n) is 4.42. The van der Waals surface area contributed by atoms with E-state index >= 15 is 0 Å². The van der Waals surface area contributed by atoms with E-state index in [0.29, 0.717) is 43.7 Å². The average Bonchev–Trinajstić information content (AvgIpc) is 3.28. The van der Waals surface area contributed by atoms with Crippen LogP contribution in [-0.4, -0.2) is 68.5 Å². The molecule has 9 nitrogen and oxygen atoms in total. The van der Waals surface area contributed by atoms with E-state index in [9.17, 15) is 8.42 Å². The van der Waals surface area contributed by atoms with Gasteiger partial charge in [0.25, 0.3) is 0 Å². The van der Waals surface area contributed by atoms with E-state index in [1.807, 2.05) is 12.1 Å². The van der Waals surface area contributed by atoms with Gasteiger partial charge in [-0.1, -0.05) is 0 Å². The summed E-state index contributed by atoms with van der Waals surface area (Å²) in [5, 5.41) is 8.89. The number of piperazine rings is 1. The summed E-state index contributed by atoms with van der Waals surface area (Å²) in [6.45, 7) is 5.29. The molecule has 0 amide bonds. The Morgan fingerprint density at radius 3 is 2.39 bits per heavy atom. The van der Waals surface area contributed by atoms with Gasteiger partial charge in [-0.2, -0.15) is 4.31 Å². The third-order valence-electron chi connectivity index (χ3n) is 6.28. The summed E-state index contributed by atoms with van der Waals surface area (Å²) >= 11 is 0. The first-order valence-corrected chi connectivity index (χ1v) is 12.2. The van der Waals surface area contributed by atoms with Crippen LogP contribution in [0.25, 0.3) is 0 Å². The Kier molecular flexibility index (Phi) is 5.35. The number of rotatable bonds is 4. The minimum Gasteiger partial charge on any atom is -0.454 e. The maximum absolute atomic E-state index is 13.1. The van der Waals surface area contributed by atoms with E-state index < -0.39 is 10.0 Å². The summed E-state index contributed by atoms with van der Waals surface area (Å²) in [4.78, 5) is 4.63. The summed E-state index contributed by atoms with van der Waals surface area (Å²) in [5.41, 5.74) is 0. The fourth-order valence-corrected chi connectivity index (χ4v) is 5.86. The molecule has 0 aliphatic carbocycles. The molecule has 0 spiro atoms. The lowest BCUT2D eigenvalue weighted by atomic mass is 10.0. The van der Waals surface area contributed by atoms with E-state index in [-0.39, 0.29) is 11.7 Å². The predicted octanol–water partition coefficient (Wildman–Crippen LogP) is 2.10. The molecule has 0 unspecified atom stereocenters. The first-order valence-electron chi connectivity index (χ1n) is 10.8. The van der Waals surface area contributed by atoms with Gasteiger partial charge in [0.05, 0.1) is 4.90 Å². The van der Waals surface area contributed by atoms with E-state index in [2.05, 4.69) is 26.9 Å². The van der Waals surface area contributed by atoms with Gasteiger partial charge in [-0.15, -0.1) is 10.2 Å². The molecule has 4 heterocycles. The Morgan fingerprint density at radius 1 is 0.903 bits per heavy atom. The topological polar surface area (TPSA) is 88.1 Å². The molecular weight excluding hydrogens is 418 g/mol. The number of nitrogens with zero attached hydrogens (tertiary/aromatic N) is 5. The molecule has 2 saturated heterocycles. The largest absolute Gasteiger partial charge is 0.454 e. The van der Waals surface area contributed by atoms with E-state index in [1.165, 1.54) is 29.6 Å². The highest BCUT2D eigenvalue weighted by Gasteiger charge is 2.30. The molecule has 166 valence electrons. The standard InChI is InChI=1S/C21H27N5O4S/c1-16-4-2-3-9-26(16)21-8-7-20(22-23-21)24-10-12-25(13-11-24)31(27,28)17-5-6-18-19(14-17)30-15-29-18/h5-8,14,16H,2-4,9-13,15H2,1H3/t16-/m0/s1. The van der Waals surface area contributed by atoms with Gasteiger partial charge in [0.15, 0.2) is 23.1 Å². The first-order chi connectivity index (χ1) is 15.0. The molecule has 2 aromatic rings. The van der Waals surface area contributed by atoms with Gasteiger partial charge in [0.1, 0.15) is 0 Å². The monoisotopic (exact) mass is 445 g/mol. The summed E-state index contributed by atoms with van der Waals surface area (Å²) in [6, 6.07) is 9.26. The lowest BCUT2D eigenvalue weighted by molar-refractivity contribution is 0.174. The van der Waals surface area contributed by atoms with Gasteiger partial charge >= 0.3 is 0 Å². The fraction of sp³-hybridized carbons (Fsp3) is 0.524. The van der Waals surface area contributed by atoms with Crippen molar-refractivity contribution in [1.29, 1.82) is 0 Å². The van der Waals surface area contributed by atoms with Crippen molar-refractivity contribution in [1.82, 2.24) is 14.5 Å². The van der Waals surface area contributed by atoms with Crippen LogP contribution in [0.2, 0.25) is 0 Å². The van der Waals surface area contributed by atoms with Crippen molar-refractivity contribution in [2.24, 2.45) is 0 Å². The van der Waals surface area contributed by atoms with Crippen molar-refractivity contribution in [3.63, 3.8) is 0 Å². The van der Waals surface area contributed by atoms with Crippen molar-refractivity contribution < 1.29 is 17.9 Å². The SMILES string of the molecule is C[C@H]1CCCCN1c1ccc(N2CCN(S(=O)(=O)c3ccc4c(c3)OCO4)CC2)nn1. The second-order valence-corrected chi connectivity index (χ2v) is 10.1. The number of piperidine rings is 1. The maximum Gasteiger partial charge on any atom is 0.243 e. The van der Waals surface area contributed by atoms with Crippen LogP contribution in [0.1, 0.15) is 26.2 Å². The van der Waals surface area contributed by atoms with Crippen LogP contribution < -0.4 is 19.3 Å². The molecule has 0 radical (unpaired) electrons. The molecule has 1 aromatic heterocycles. The quantitative estimate of drug-likeness (QED) is 0.707. The number of anilines is 2. The van der Waals surface area contributed by atoms with Crippen molar-refractivity contribution in [3.8, 4) is 11.5 Å². The molecule has 1 atom stereocenters. The third kappa shape index (κ3) is 3.89. The minimum absolute atomic E-state index is 0.119. The zero-order valence-corrected chi connectivity index (χ0v) is 18.4. The van der Waals surface area contributed by atoms with Crippen LogP contribution in [0.3, 0.4) is 0 Å². The van der Waals surface area contributed by atoms with Crippen molar-refractivity contribution in [3.05, 3.63) is 30.3 Å². The van der Waals surface area contributed by atoms with Crippen LogP contribution in [0.5, 0.6) is 11.5 Å². The summed E-state index contributed by atoms with van der Waals surface area (Å²) in [6.07, 6.45) is 3.64. The average molecular weight is 446 g/mol. The van der Waals surface area contributed by atoms with E-state index in [0.717, 1.165) is 18.2 Å². The Labute approximate surface area is 182 Å². The van der Waals surface area contributed by atoms with Gasteiger partial charge in [-0.05, 0) is 50.5 Å². The normalized spacial score (nSPS) is 22.0. The van der Waals surface area contributed by atoms with E-state index in [1.54, 1.807) is 12.1 Å². The Balaban J connectivity index is 1.24. The zero-order chi connectivity index (χ0) is 21.4. The van der Waals surface area contributed by atoms with Crippen LogP contribution in [-0.2, 0) is 10.0 Å². The first kappa shape index (κ1) is 20.3. The molecule has 2 fully saturated rings. The minimum atomic E-state index is -3.59. The van der Waals surface area contributed by atoms with Crippen molar-refractivity contribution >= 4 is 21.7 Å². The lowest BCUT2D eigenvalue weighted by Gasteiger charge is -2.35. The van der Waals surface area contributed by atoms with Gasteiger partial charge in [0, 0.05) is 44.8 Å². The van der Waals surface area contributed by atoms with Crippen LogP contribution in [0.4, 0.5) is 11.6 Å². The maximum atomic E-state index is 13.1. The van der Waals surface area contributed by atoms with Crippen LogP contribution in [0, 0.1) is 0 Å². The highest BCUT2D eigenvalue weighted by molar-refractivity contribution is 7.89. The smallest absolute Gasteiger partial charge is 0.243 e. The molecular formula is C21H27N5O4S. The van der Waals surface area contributed by atoms with Gasteiger partial charge < -0.3 is 19.3 Å². The number of hydrogen-bond acceptors (Lipinski definition) is 8. The number of benzene rings is 1. The molecule has 5 rings (SSSR count). The van der Waals surface area contributed by atoms with Gasteiger partial charge in [-0.3, -0.25) is 0 Å². The Hall–Kier alpha value is -2.59. The van der Waals surface area contributed by atoms with Crippen LogP contribution in [0.15, 0.2) is 35.2 Å². The molecule has 0 saturated carbocycles. The van der Waals surface area contributed by atoms with Gasteiger partial charge in [0.2, 0.25) is 16.8 Å². The molecule has 0 N–H and O–H groups in total. The van der Waals surface area contributed by atoms with Gasteiger partial charge in [-0.25, -0.2) is 8.42 Å². The second-order valence-electron chi connectivity index (χ2n) is 8.19. The van der Waals surface area contributed by atoms with Crippen LogP contribution >= 0.6 is 0 Å². The zero-order valence-electron chi connectivity index (χ0n) is 17.6. The second kappa shape index (κ2) is 8.16. The highest BCUT2D eigenvalue weighted by atomic mass is 32.2. The predicted molar refractivity (Wildman–Crippen MR) is 116 cm³/mol. The molecule has 3 aliphatic rings. The molecule has 1 aromatic carbocycles.